The summed E-state index contributed by atoms with van der Waals surface area (Å²) in [5.74, 6) is 0. The Balaban J connectivity index is 1.87. The zero-order chi connectivity index (χ0) is 18.6. The van der Waals surface area contributed by atoms with Crippen molar-refractivity contribution in [1.29, 1.82) is 5.26 Å². The van der Waals surface area contributed by atoms with Crippen molar-refractivity contribution in [3.8, 4) is 6.07 Å². The number of carbonyl (C=O) groups excluding carboxylic acids is 1. The number of rotatable bonds is 3. The van der Waals surface area contributed by atoms with Crippen LogP contribution in [-0.4, -0.2) is 40.3 Å². The molecule has 1 amide bonds. The van der Waals surface area contributed by atoms with Gasteiger partial charge in [-0.25, -0.2) is 4.79 Å². The minimum Gasteiger partial charge on any atom is -0.444 e. The molecule has 1 aliphatic heterocycles. The summed E-state index contributed by atoms with van der Waals surface area (Å²) in [5, 5.41) is 12.7. The summed E-state index contributed by atoms with van der Waals surface area (Å²) in [6.45, 7) is 9.92. The molecule has 1 fully saturated rings. The van der Waals surface area contributed by atoms with E-state index in [4.69, 9.17) is 10.00 Å². The average molecular weight is 346 g/mol. The molecule has 1 unspecified atom stereocenters. The van der Waals surface area contributed by atoms with Crippen molar-refractivity contribution in [3.05, 3.63) is 23.0 Å². The van der Waals surface area contributed by atoms with Gasteiger partial charge < -0.3 is 19.5 Å². The van der Waals surface area contributed by atoms with Crippen LogP contribution in [-0.2, 0) is 18.3 Å². The second-order valence-electron chi connectivity index (χ2n) is 7.79. The molecule has 0 spiro atoms. The van der Waals surface area contributed by atoms with E-state index in [2.05, 4.69) is 11.4 Å². The lowest BCUT2D eigenvalue weighted by atomic mass is 10.1. The molecule has 138 valence electrons. The van der Waals surface area contributed by atoms with Gasteiger partial charge >= 0.3 is 6.09 Å². The SMILES string of the molecule is Cc1c(CNC2CCCN(C(=O)OC(C)(C)C)CC2)cc(C#N)n1C. The smallest absolute Gasteiger partial charge is 0.410 e. The van der Waals surface area contributed by atoms with Crippen molar-refractivity contribution in [3.63, 3.8) is 0 Å². The molecule has 2 rings (SSSR count). The van der Waals surface area contributed by atoms with E-state index in [1.165, 1.54) is 0 Å². The van der Waals surface area contributed by atoms with E-state index < -0.39 is 5.60 Å². The monoisotopic (exact) mass is 346 g/mol. The highest BCUT2D eigenvalue weighted by Gasteiger charge is 2.25. The summed E-state index contributed by atoms with van der Waals surface area (Å²) in [7, 11) is 1.92. The van der Waals surface area contributed by atoms with Gasteiger partial charge in [0.15, 0.2) is 0 Å². The van der Waals surface area contributed by atoms with Gasteiger partial charge in [0.25, 0.3) is 0 Å². The largest absolute Gasteiger partial charge is 0.444 e. The number of carbonyl (C=O) groups is 1. The molecule has 1 aromatic rings. The Morgan fingerprint density at radius 2 is 2.12 bits per heavy atom. The zero-order valence-corrected chi connectivity index (χ0v) is 16.1. The van der Waals surface area contributed by atoms with E-state index in [0.29, 0.717) is 18.3 Å². The third-order valence-electron chi connectivity index (χ3n) is 4.72. The van der Waals surface area contributed by atoms with Crippen LogP contribution in [0.25, 0.3) is 0 Å². The summed E-state index contributed by atoms with van der Waals surface area (Å²) in [6, 6.07) is 4.54. The second-order valence-corrected chi connectivity index (χ2v) is 7.79. The van der Waals surface area contributed by atoms with Crippen molar-refractivity contribution in [2.24, 2.45) is 7.05 Å². The highest BCUT2D eigenvalue weighted by molar-refractivity contribution is 5.68. The lowest BCUT2D eigenvalue weighted by Gasteiger charge is -2.26. The first-order chi connectivity index (χ1) is 11.7. The molecule has 0 aromatic carbocycles. The quantitative estimate of drug-likeness (QED) is 0.913. The van der Waals surface area contributed by atoms with Crippen molar-refractivity contribution in [2.45, 2.75) is 65.1 Å². The molecule has 25 heavy (non-hydrogen) atoms. The first-order valence-electron chi connectivity index (χ1n) is 8.98. The van der Waals surface area contributed by atoms with Gasteiger partial charge in [-0.1, -0.05) is 0 Å². The molecule has 0 bridgehead atoms. The Morgan fingerprint density at radius 1 is 1.40 bits per heavy atom. The number of likely N-dealkylation sites (tertiary alicyclic amines) is 1. The van der Waals surface area contributed by atoms with Crippen LogP contribution in [0, 0.1) is 18.3 Å². The summed E-state index contributed by atoms with van der Waals surface area (Å²) in [4.78, 5) is 14.0. The van der Waals surface area contributed by atoms with E-state index in [-0.39, 0.29) is 6.09 Å². The molecule has 0 saturated carbocycles. The van der Waals surface area contributed by atoms with Crippen LogP contribution in [0.3, 0.4) is 0 Å². The fraction of sp³-hybridized carbons (Fsp3) is 0.684. The molecule has 1 N–H and O–H groups in total. The summed E-state index contributed by atoms with van der Waals surface area (Å²) >= 11 is 0. The lowest BCUT2D eigenvalue weighted by molar-refractivity contribution is 0.0256. The number of hydrogen-bond acceptors (Lipinski definition) is 4. The third-order valence-corrected chi connectivity index (χ3v) is 4.72. The maximum absolute atomic E-state index is 12.2. The van der Waals surface area contributed by atoms with Gasteiger partial charge in [-0.3, -0.25) is 0 Å². The maximum Gasteiger partial charge on any atom is 0.410 e. The van der Waals surface area contributed by atoms with Crippen LogP contribution in [0.15, 0.2) is 6.07 Å². The second kappa shape index (κ2) is 7.92. The van der Waals surface area contributed by atoms with Gasteiger partial charge in [0.05, 0.1) is 0 Å². The van der Waals surface area contributed by atoms with Crippen LogP contribution >= 0.6 is 0 Å². The number of nitrogens with zero attached hydrogens (tertiary/aromatic N) is 3. The van der Waals surface area contributed by atoms with E-state index in [1.807, 2.05) is 50.3 Å². The van der Waals surface area contributed by atoms with Gasteiger partial charge in [0.2, 0.25) is 0 Å². The number of amides is 1. The van der Waals surface area contributed by atoms with Crippen LogP contribution in [0.4, 0.5) is 4.79 Å². The van der Waals surface area contributed by atoms with Crippen molar-refractivity contribution < 1.29 is 9.53 Å². The Labute approximate surface area is 150 Å². The molecule has 1 aromatic heterocycles. The Hall–Kier alpha value is -2.00. The first kappa shape index (κ1) is 19.3. The number of ether oxygens (including phenoxy) is 1. The van der Waals surface area contributed by atoms with Crippen LogP contribution in [0.5, 0.6) is 0 Å². The molecule has 2 heterocycles. The summed E-state index contributed by atoms with van der Waals surface area (Å²) in [6.07, 6.45) is 2.70. The lowest BCUT2D eigenvalue weighted by Crippen LogP contribution is -2.38. The van der Waals surface area contributed by atoms with E-state index in [9.17, 15) is 4.79 Å². The molecular formula is C19H30N4O2. The minimum absolute atomic E-state index is 0.217. The molecule has 1 aliphatic rings. The fourth-order valence-corrected chi connectivity index (χ4v) is 3.11. The Bertz CT molecular complexity index is 652. The van der Waals surface area contributed by atoms with E-state index >= 15 is 0 Å². The Morgan fingerprint density at radius 3 is 2.72 bits per heavy atom. The minimum atomic E-state index is -0.454. The maximum atomic E-state index is 12.2. The normalized spacial score (nSPS) is 18.6. The average Bonchev–Trinajstić information content (AvgIpc) is 2.71. The fourth-order valence-electron chi connectivity index (χ4n) is 3.11. The van der Waals surface area contributed by atoms with Gasteiger partial charge in [0.1, 0.15) is 17.4 Å². The van der Waals surface area contributed by atoms with E-state index in [0.717, 1.165) is 43.6 Å². The topological polar surface area (TPSA) is 70.3 Å². The molecule has 0 aliphatic carbocycles. The molecule has 1 saturated heterocycles. The van der Waals surface area contributed by atoms with Gasteiger partial charge in [0, 0.05) is 38.4 Å². The molecule has 1 atom stereocenters. The van der Waals surface area contributed by atoms with Gasteiger partial charge in [-0.05, 0) is 58.6 Å². The van der Waals surface area contributed by atoms with Crippen LogP contribution in [0.2, 0.25) is 0 Å². The van der Waals surface area contributed by atoms with Gasteiger partial charge in [-0.15, -0.1) is 0 Å². The number of nitriles is 1. The van der Waals surface area contributed by atoms with E-state index in [1.54, 1.807) is 0 Å². The summed E-state index contributed by atoms with van der Waals surface area (Å²) < 4.78 is 7.40. The van der Waals surface area contributed by atoms with Crippen molar-refractivity contribution >= 4 is 6.09 Å². The molecule has 0 radical (unpaired) electrons. The molecule has 6 nitrogen and oxygen atoms in total. The predicted molar refractivity (Wildman–Crippen MR) is 97.2 cm³/mol. The van der Waals surface area contributed by atoms with Gasteiger partial charge in [-0.2, -0.15) is 5.26 Å². The molecule has 6 heteroatoms. The predicted octanol–water partition coefficient (Wildman–Crippen LogP) is 3.08. The third kappa shape index (κ3) is 5.23. The number of aromatic nitrogens is 1. The zero-order valence-electron chi connectivity index (χ0n) is 16.1. The van der Waals surface area contributed by atoms with Crippen LogP contribution < -0.4 is 5.32 Å². The van der Waals surface area contributed by atoms with Crippen LogP contribution in [0.1, 0.15) is 57.0 Å². The highest BCUT2D eigenvalue weighted by Crippen LogP contribution is 2.17. The standard InChI is InChI=1S/C19H30N4O2/c1-14-15(11-17(12-20)22(14)5)13-21-16-7-6-9-23(10-8-16)18(24)25-19(2,3)4/h11,16,21H,6-10,13H2,1-5H3. The Kier molecular flexibility index (Phi) is 6.12. The number of nitrogens with one attached hydrogen (secondary N) is 1. The highest BCUT2D eigenvalue weighted by atomic mass is 16.6. The summed E-state index contributed by atoms with van der Waals surface area (Å²) in [5.41, 5.74) is 2.51. The van der Waals surface area contributed by atoms with Crippen molar-refractivity contribution in [2.75, 3.05) is 13.1 Å². The number of hydrogen-bond donors (Lipinski definition) is 1. The van der Waals surface area contributed by atoms with Crippen molar-refractivity contribution in [1.82, 2.24) is 14.8 Å². The first-order valence-corrected chi connectivity index (χ1v) is 8.98. The molecular weight excluding hydrogens is 316 g/mol.